The Labute approximate surface area is 89.8 Å². The molecule has 0 radical (unpaired) electrons. The van der Waals surface area contributed by atoms with E-state index < -0.39 is 24.8 Å². The van der Waals surface area contributed by atoms with Crippen molar-refractivity contribution in [3.63, 3.8) is 0 Å². The topological polar surface area (TPSA) is 72.8 Å². The third kappa shape index (κ3) is 3.97. The Balaban J connectivity index is 2.35. The number of aliphatic hydroxyl groups excluding tert-OH is 1. The Morgan fingerprint density at radius 1 is 1.60 bits per heavy atom. The first kappa shape index (κ1) is 10.6. The molecule has 86 valence electrons. The maximum atomic E-state index is 11.3. The van der Waals surface area contributed by atoms with Crippen LogP contribution in [0.15, 0.2) is 0 Å². The second kappa shape index (κ2) is 5.82. The molecule has 1 saturated heterocycles. The van der Waals surface area contributed by atoms with E-state index in [1.165, 1.54) is 6.92 Å². The summed E-state index contributed by atoms with van der Waals surface area (Å²) in [5.74, 6) is -0.562. The lowest BCUT2D eigenvalue weighted by atomic mass is 10.2. The standard InChI is InChI=1S/C10H16O5/c1-7(12)2-3-10(13)15-8-4-5-14-9(8)6-11/h8-9,11H,2-6H2,1H3/t8?,9-/m1/s1/i5T/t5-,8?,9+/m0. The highest BCUT2D eigenvalue weighted by Gasteiger charge is 2.30. The summed E-state index contributed by atoms with van der Waals surface area (Å²) in [4.78, 5) is 22.0. The van der Waals surface area contributed by atoms with Gasteiger partial charge < -0.3 is 19.4 Å². The fourth-order valence-corrected chi connectivity index (χ4v) is 1.30. The summed E-state index contributed by atoms with van der Waals surface area (Å²) >= 11 is 0. The number of carbonyl (C=O) groups excluding carboxylic acids is 2. The van der Waals surface area contributed by atoms with Crippen molar-refractivity contribution in [3.05, 3.63) is 0 Å². The van der Waals surface area contributed by atoms with Crippen molar-refractivity contribution in [2.75, 3.05) is 13.2 Å². The van der Waals surface area contributed by atoms with Crippen molar-refractivity contribution >= 4 is 11.8 Å². The van der Waals surface area contributed by atoms with Crippen LogP contribution in [-0.2, 0) is 19.1 Å². The number of rotatable bonds is 5. The summed E-state index contributed by atoms with van der Waals surface area (Å²) in [5.41, 5.74) is 0. The quantitative estimate of drug-likeness (QED) is 0.660. The lowest BCUT2D eigenvalue weighted by Gasteiger charge is -2.16. The van der Waals surface area contributed by atoms with Gasteiger partial charge in [-0.3, -0.25) is 4.79 Å². The van der Waals surface area contributed by atoms with Crippen LogP contribution in [0.25, 0.3) is 0 Å². The summed E-state index contributed by atoms with van der Waals surface area (Å²) in [5, 5.41) is 8.93. The average molecular weight is 218 g/mol. The molecule has 1 aliphatic heterocycles. The zero-order valence-electron chi connectivity index (χ0n) is 9.64. The first-order valence-electron chi connectivity index (χ1n) is 5.48. The van der Waals surface area contributed by atoms with E-state index in [4.69, 9.17) is 16.0 Å². The van der Waals surface area contributed by atoms with Gasteiger partial charge in [0.05, 0.1) is 21.0 Å². The first-order chi connectivity index (χ1) is 7.52. The van der Waals surface area contributed by atoms with Crippen LogP contribution in [0.1, 0.15) is 27.6 Å². The van der Waals surface area contributed by atoms with Crippen LogP contribution < -0.4 is 0 Å². The minimum Gasteiger partial charge on any atom is -0.459 e. The zero-order valence-corrected chi connectivity index (χ0v) is 8.64. The molecule has 3 atom stereocenters. The van der Waals surface area contributed by atoms with Gasteiger partial charge in [-0.15, -0.1) is 0 Å². The van der Waals surface area contributed by atoms with Crippen molar-refractivity contribution in [1.82, 2.24) is 0 Å². The average Bonchev–Trinajstić information content (AvgIpc) is 2.55. The van der Waals surface area contributed by atoms with E-state index in [1.54, 1.807) is 0 Å². The molecule has 1 rings (SSSR count). The number of ketones is 1. The largest absolute Gasteiger partial charge is 0.459 e. The van der Waals surface area contributed by atoms with Crippen LogP contribution in [0.4, 0.5) is 0 Å². The van der Waals surface area contributed by atoms with Gasteiger partial charge in [-0.25, -0.2) is 0 Å². The van der Waals surface area contributed by atoms with Crippen LogP contribution >= 0.6 is 0 Å². The Kier molecular flexibility index (Phi) is 4.11. The maximum absolute atomic E-state index is 11.3. The van der Waals surface area contributed by atoms with E-state index in [0.29, 0.717) is 0 Å². The third-order valence-corrected chi connectivity index (χ3v) is 2.16. The number of carbonyl (C=O) groups is 2. The normalized spacial score (nSPS) is 31.1. The van der Waals surface area contributed by atoms with Crippen LogP contribution in [0.5, 0.6) is 0 Å². The SMILES string of the molecule is [3H][C@H]1CC(OC(=O)CCC(C)=O)[C@@H](CO)O1. The van der Waals surface area contributed by atoms with E-state index in [9.17, 15) is 9.59 Å². The van der Waals surface area contributed by atoms with Crippen molar-refractivity contribution in [2.45, 2.75) is 38.4 Å². The van der Waals surface area contributed by atoms with Gasteiger partial charge >= 0.3 is 5.97 Å². The fourth-order valence-electron chi connectivity index (χ4n) is 1.30. The summed E-state index contributed by atoms with van der Waals surface area (Å²) in [6.45, 7) is 0.366. The van der Waals surface area contributed by atoms with Crippen LogP contribution in [0, 0.1) is 0 Å². The molecule has 0 aromatic carbocycles. The lowest BCUT2D eigenvalue weighted by molar-refractivity contribution is -0.153. The van der Waals surface area contributed by atoms with Crippen LogP contribution in [0.2, 0.25) is 0 Å². The van der Waals surface area contributed by atoms with Gasteiger partial charge in [0.15, 0.2) is 0 Å². The first-order valence-corrected chi connectivity index (χ1v) is 4.90. The van der Waals surface area contributed by atoms with Gasteiger partial charge in [0, 0.05) is 12.8 Å². The number of aliphatic hydroxyl groups is 1. The summed E-state index contributed by atoms with van der Waals surface area (Å²) < 4.78 is 17.4. The van der Waals surface area contributed by atoms with E-state index in [0.717, 1.165) is 0 Å². The molecule has 0 aromatic heterocycles. The van der Waals surface area contributed by atoms with E-state index >= 15 is 0 Å². The number of Topliss-reactive ketones (excluding diaryl/α,β-unsaturated/α-hetero) is 1. The molecule has 1 N–H and O–H groups in total. The number of hydrogen-bond donors (Lipinski definition) is 1. The molecule has 1 unspecified atom stereocenters. The van der Waals surface area contributed by atoms with Gasteiger partial charge in [0.1, 0.15) is 18.0 Å². The summed E-state index contributed by atoms with van der Waals surface area (Å²) in [7, 11) is 0. The molecule has 5 heteroatoms. The highest BCUT2D eigenvalue weighted by Crippen LogP contribution is 2.17. The molecule has 0 aliphatic carbocycles. The summed E-state index contributed by atoms with van der Waals surface area (Å²) in [6.07, 6.45) is -0.750. The van der Waals surface area contributed by atoms with Gasteiger partial charge in [-0.2, -0.15) is 0 Å². The maximum Gasteiger partial charge on any atom is 0.306 e. The molecular formula is C10H16O5. The molecule has 0 spiro atoms. The van der Waals surface area contributed by atoms with Crippen LogP contribution in [-0.4, -0.2) is 42.3 Å². The Hall–Kier alpha value is -0.940. The number of hydrogen-bond acceptors (Lipinski definition) is 5. The van der Waals surface area contributed by atoms with E-state index in [1.807, 2.05) is 0 Å². The van der Waals surface area contributed by atoms with Gasteiger partial charge in [0.25, 0.3) is 0 Å². The lowest BCUT2D eigenvalue weighted by Crippen LogP contribution is -2.30. The number of esters is 1. The molecule has 0 bridgehead atoms. The van der Waals surface area contributed by atoms with Gasteiger partial charge in [-0.05, 0) is 6.92 Å². The molecule has 5 nitrogen and oxygen atoms in total. The molecule has 1 fully saturated rings. The fraction of sp³-hybridized carbons (Fsp3) is 0.800. The monoisotopic (exact) mass is 218 g/mol. The molecule has 15 heavy (non-hydrogen) atoms. The Morgan fingerprint density at radius 2 is 2.33 bits per heavy atom. The van der Waals surface area contributed by atoms with Crippen molar-refractivity contribution in [2.24, 2.45) is 0 Å². The van der Waals surface area contributed by atoms with Crippen LogP contribution in [0.3, 0.4) is 0 Å². The predicted molar refractivity (Wildman–Crippen MR) is 51.2 cm³/mol. The minimum absolute atomic E-state index is 0.0344. The second-order valence-corrected chi connectivity index (χ2v) is 3.49. The Morgan fingerprint density at radius 3 is 2.93 bits per heavy atom. The molecule has 0 saturated carbocycles. The Bertz CT molecular complexity index is 268. The minimum atomic E-state index is -0.761. The molecule has 1 aliphatic rings. The molecule has 1 heterocycles. The molecule has 0 amide bonds. The molecule has 0 aromatic rings. The summed E-state index contributed by atoms with van der Waals surface area (Å²) in [6, 6.07) is 0. The number of ether oxygens (including phenoxy) is 2. The van der Waals surface area contributed by atoms with E-state index in [2.05, 4.69) is 0 Å². The third-order valence-electron chi connectivity index (χ3n) is 2.16. The van der Waals surface area contributed by atoms with Crippen molar-refractivity contribution in [1.29, 1.82) is 0 Å². The molecular weight excluding hydrogens is 200 g/mol. The van der Waals surface area contributed by atoms with Crippen molar-refractivity contribution in [3.8, 4) is 0 Å². The van der Waals surface area contributed by atoms with Gasteiger partial charge in [0.2, 0.25) is 0 Å². The van der Waals surface area contributed by atoms with E-state index in [-0.39, 0.29) is 31.7 Å². The predicted octanol–water partition coefficient (Wildman–Crippen LogP) is 0.0486. The van der Waals surface area contributed by atoms with Crippen molar-refractivity contribution < 1.29 is 25.5 Å². The highest BCUT2D eigenvalue weighted by molar-refractivity contribution is 5.81. The highest BCUT2D eigenvalue weighted by atomic mass is 16.6. The smallest absolute Gasteiger partial charge is 0.306 e. The van der Waals surface area contributed by atoms with Gasteiger partial charge in [-0.1, -0.05) is 0 Å². The zero-order chi connectivity index (χ0) is 12.1. The second-order valence-electron chi connectivity index (χ2n) is 3.49.